The SMILES string of the molecule is COc1ccc2cc(CN(C)C(=O)c3ccc4c(c3)CC(C)N4S(C)(=O)=O)ccc2c1. The number of hydrogen-bond acceptors (Lipinski definition) is 4. The number of sulfonamides is 1. The largest absolute Gasteiger partial charge is 0.497 e. The van der Waals surface area contributed by atoms with Crippen LogP contribution in [0.5, 0.6) is 5.75 Å². The number of anilines is 1. The van der Waals surface area contributed by atoms with E-state index in [0.29, 0.717) is 24.2 Å². The third kappa shape index (κ3) is 4.10. The van der Waals surface area contributed by atoms with Crippen molar-refractivity contribution in [1.82, 2.24) is 4.90 Å². The predicted molar refractivity (Wildman–Crippen MR) is 123 cm³/mol. The molecule has 0 saturated heterocycles. The summed E-state index contributed by atoms with van der Waals surface area (Å²) in [6.45, 7) is 2.35. The van der Waals surface area contributed by atoms with E-state index in [9.17, 15) is 13.2 Å². The molecule has 7 heteroatoms. The van der Waals surface area contributed by atoms with Gasteiger partial charge in [-0.15, -0.1) is 0 Å². The molecule has 0 radical (unpaired) electrons. The maximum Gasteiger partial charge on any atom is 0.253 e. The van der Waals surface area contributed by atoms with Crippen molar-refractivity contribution in [2.75, 3.05) is 24.7 Å². The third-order valence-corrected chi connectivity index (χ3v) is 6.99. The zero-order valence-corrected chi connectivity index (χ0v) is 18.9. The Morgan fingerprint density at radius 1 is 1.10 bits per heavy atom. The van der Waals surface area contributed by atoms with E-state index in [-0.39, 0.29) is 11.9 Å². The van der Waals surface area contributed by atoms with Crippen LogP contribution in [-0.2, 0) is 23.0 Å². The third-order valence-electron chi connectivity index (χ3n) is 5.72. The second-order valence-electron chi connectivity index (χ2n) is 8.16. The van der Waals surface area contributed by atoms with Gasteiger partial charge in [-0.3, -0.25) is 9.10 Å². The summed E-state index contributed by atoms with van der Waals surface area (Å²) in [5.74, 6) is 0.719. The highest BCUT2D eigenvalue weighted by Crippen LogP contribution is 2.35. The van der Waals surface area contributed by atoms with Crippen molar-refractivity contribution in [3.63, 3.8) is 0 Å². The Bertz CT molecular complexity index is 1270. The van der Waals surface area contributed by atoms with E-state index in [0.717, 1.165) is 27.6 Å². The van der Waals surface area contributed by atoms with Crippen LogP contribution in [0.15, 0.2) is 54.6 Å². The summed E-state index contributed by atoms with van der Waals surface area (Å²) < 4.78 is 30.9. The van der Waals surface area contributed by atoms with Crippen LogP contribution in [0.3, 0.4) is 0 Å². The van der Waals surface area contributed by atoms with E-state index < -0.39 is 10.0 Å². The predicted octanol–water partition coefficient (Wildman–Crippen LogP) is 3.83. The van der Waals surface area contributed by atoms with Crippen molar-refractivity contribution in [1.29, 1.82) is 0 Å². The summed E-state index contributed by atoms with van der Waals surface area (Å²) in [6, 6.07) is 17.2. The summed E-state index contributed by atoms with van der Waals surface area (Å²) in [4.78, 5) is 14.7. The maximum atomic E-state index is 13.0. The van der Waals surface area contributed by atoms with Gasteiger partial charge in [0.25, 0.3) is 5.91 Å². The quantitative estimate of drug-likeness (QED) is 0.607. The van der Waals surface area contributed by atoms with Gasteiger partial charge in [-0.05, 0) is 71.6 Å². The molecule has 1 aliphatic rings. The number of fused-ring (bicyclic) bond motifs is 2. The molecule has 0 aliphatic carbocycles. The van der Waals surface area contributed by atoms with Gasteiger partial charge in [0.1, 0.15) is 5.75 Å². The molecule has 1 aliphatic heterocycles. The molecule has 3 aromatic carbocycles. The number of hydrogen-bond donors (Lipinski definition) is 0. The molecule has 1 amide bonds. The lowest BCUT2D eigenvalue weighted by Crippen LogP contribution is -2.34. The van der Waals surface area contributed by atoms with Crippen molar-refractivity contribution in [2.45, 2.75) is 25.9 Å². The Balaban J connectivity index is 1.54. The standard InChI is InChI=1S/C24H26N2O4S/c1-16-11-21-13-20(8-10-23(21)26(16)31(4,28)29)24(27)25(2)15-17-5-6-19-14-22(30-3)9-7-18(19)12-17/h5-10,12-14,16H,11,15H2,1-4H3. The molecule has 0 N–H and O–H groups in total. The van der Waals surface area contributed by atoms with E-state index in [2.05, 4.69) is 6.07 Å². The molecule has 1 atom stereocenters. The number of amides is 1. The Labute approximate surface area is 183 Å². The Morgan fingerprint density at radius 3 is 2.52 bits per heavy atom. The molecule has 0 spiro atoms. The topological polar surface area (TPSA) is 66.9 Å². The van der Waals surface area contributed by atoms with Crippen molar-refractivity contribution in [3.8, 4) is 5.75 Å². The van der Waals surface area contributed by atoms with Gasteiger partial charge in [-0.1, -0.05) is 18.2 Å². The van der Waals surface area contributed by atoms with Crippen LogP contribution in [-0.4, -0.2) is 45.7 Å². The maximum absolute atomic E-state index is 13.0. The molecule has 3 aromatic rings. The number of carbonyl (C=O) groups excluding carboxylic acids is 1. The summed E-state index contributed by atoms with van der Waals surface area (Å²) in [5.41, 5.74) is 3.15. The fourth-order valence-corrected chi connectivity index (χ4v) is 5.57. The molecule has 0 bridgehead atoms. The zero-order chi connectivity index (χ0) is 22.3. The lowest BCUT2D eigenvalue weighted by atomic mass is 10.0. The number of carbonyl (C=O) groups is 1. The first kappa shape index (κ1) is 21.2. The monoisotopic (exact) mass is 438 g/mol. The van der Waals surface area contributed by atoms with Gasteiger partial charge >= 0.3 is 0 Å². The summed E-state index contributed by atoms with van der Waals surface area (Å²) in [7, 11) is 0.0766. The molecular weight excluding hydrogens is 412 g/mol. The molecular formula is C24H26N2O4S. The molecule has 0 fully saturated rings. The van der Waals surface area contributed by atoms with Crippen molar-refractivity contribution in [3.05, 3.63) is 71.3 Å². The molecule has 162 valence electrons. The van der Waals surface area contributed by atoms with Crippen molar-refractivity contribution in [2.24, 2.45) is 0 Å². The van der Waals surface area contributed by atoms with Crippen LogP contribution < -0.4 is 9.04 Å². The van der Waals surface area contributed by atoms with Gasteiger partial charge in [0.05, 0.1) is 19.1 Å². The van der Waals surface area contributed by atoms with Gasteiger partial charge in [-0.25, -0.2) is 8.42 Å². The van der Waals surface area contributed by atoms with E-state index in [1.165, 1.54) is 10.6 Å². The van der Waals surface area contributed by atoms with Crippen LogP contribution in [0.2, 0.25) is 0 Å². The lowest BCUT2D eigenvalue weighted by Gasteiger charge is -2.22. The summed E-state index contributed by atoms with van der Waals surface area (Å²) in [5, 5.41) is 2.17. The van der Waals surface area contributed by atoms with Crippen LogP contribution in [0, 0.1) is 0 Å². The smallest absolute Gasteiger partial charge is 0.253 e. The molecule has 1 unspecified atom stereocenters. The van der Waals surface area contributed by atoms with E-state index in [1.54, 1.807) is 31.2 Å². The minimum atomic E-state index is -3.35. The highest BCUT2D eigenvalue weighted by molar-refractivity contribution is 7.92. The summed E-state index contributed by atoms with van der Waals surface area (Å²) in [6.07, 6.45) is 1.81. The number of nitrogens with zero attached hydrogens (tertiary/aromatic N) is 2. The molecule has 6 nitrogen and oxygen atoms in total. The lowest BCUT2D eigenvalue weighted by molar-refractivity contribution is 0.0785. The second-order valence-corrected chi connectivity index (χ2v) is 10.0. The van der Waals surface area contributed by atoms with Crippen molar-refractivity contribution >= 4 is 32.4 Å². The molecule has 31 heavy (non-hydrogen) atoms. The highest BCUT2D eigenvalue weighted by atomic mass is 32.2. The number of rotatable bonds is 5. The van der Waals surface area contributed by atoms with E-state index in [1.807, 2.05) is 43.3 Å². The van der Waals surface area contributed by atoms with E-state index >= 15 is 0 Å². The first-order chi connectivity index (χ1) is 14.7. The Hall–Kier alpha value is -3.06. The number of benzene rings is 3. The minimum Gasteiger partial charge on any atom is -0.497 e. The average Bonchev–Trinajstić information content (AvgIpc) is 3.07. The van der Waals surface area contributed by atoms with Crippen molar-refractivity contribution < 1.29 is 17.9 Å². The highest BCUT2D eigenvalue weighted by Gasteiger charge is 2.33. The fourth-order valence-electron chi connectivity index (χ4n) is 4.31. The second kappa shape index (κ2) is 7.89. The van der Waals surface area contributed by atoms with Gasteiger partial charge in [-0.2, -0.15) is 0 Å². The molecule has 4 rings (SSSR count). The number of ether oxygens (including phenoxy) is 1. The molecule has 0 aromatic heterocycles. The van der Waals surface area contributed by atoms with Gasteiger partial charge in [0, 0.05) is 25.2 Å². The van der Waals surface area contributed by atoms with Crippen LogP contribution in [0.4, 0.5) is 5.69 Å². The fraction of sp³-hybridized carbons (Fsp3) is 0.292. The van der Waals surface area contributed by atoms with E-state index in [4.69, 9.17) is 4.74 Å². The molecule has 0 saturated carbocycles. The van der Waals surface area contributed by atoms with Crippen LogP contribution in [0.25, 0.3) is 10.8 Å². The first-order valence-electron chi connectivity index (χ1n) is 10.1. The summed E-state index contributed by atoms with van der Waals surface area (Å²) >= 11 is 0. The first-order valence-corrected chi connectivity index (χ1v) is 12.0. The average molecular weight is 439 g/mol. The zero-order valence-electron chi connectivity index (χ0n) is 18.1. The van der Waals surface area contributed by atoms with Crippen LogP contribution in [0.1, 0.15) is 28.4 Å². The van der Waals surface area contributed by atoms with Crippen LogP contribution >= 0.6 is 0 Å². The van der Waals surface area contributed by atoms with Gasteiger partial charge < -0.3 is 9.64 Å². The normalized spacial score (nSPS) is 15.7. The van der Waals surface area contributed by atoms with Gasteiger partial charge in [0.2, 0.25) is 10.0 Å². The van der Waals surface area contributed by atoms with Gasteiger partial charge in [0.15, 0.2) is 0 Å². The Morgan fingerprint density at radius 2 is 1.81 bits per heavy atom. The minimum absolute atomic E-state index is 0.0944. The molecule has 1 heterocycles. The number of methoxy groups -OCH3 is 1. The Kier molecular flexibility index (Phi) is 5.39.